The molecule has 1 aliphatic rings. The van der Waals surface area contributed by atoms with Crippen molar-refractivity contribution in [2.45, 2.75) is 20.4 Å². The van der Waals surface area contributed by atoms with Crippen LogP contribution in [-0.2, 0) is 16.8 Å². The van der Waals surface area contributed by atoms with Gasteiger partial charge >= 0.3 is 0 Å². The lowest BCUT2D eigenvalue weighted by atomic mass is 10.3. The molecule has 0 saturated carbocycles. The molecule has 0 amide bonds. The van der Waals surface area contributed by atoms with Crippen LogP contribution in [0.3, 0.4) is 0 Å². The van der Waals surface area contributed by atoms with E-state index < -0.39 is 10.2 Å². The first-order chi connectivity index (χ1) is 13.4. The molecule has 7 nitrogen and oxygen atoms in total. The summed E-state index contributed by atoms with van der Waals surface area (Å²) in [7, 11) is -3.37. The van der Waals surface area contributed by atoms with Gasteiger partial charge in [-0.25, -0.2) is 9.37 Å². The highest BCUT2D eigenvalue weighted by Gasteiger charge is 2.30. The number of aromatic nitrogens is 1. The van der Waals surface area contributed by atoms with E-state index in [1.54, 1.807) is 22.5 Å². The van der Waals surface area contributed by atoms with E-state index >= 15 is 0 Å². The Balaban J connectivity index is 1.54. The molecule has 1 saturated heterocycles. The maximum atomic E-state index is 13.7. The summed E-state index contributed by atoms with van der Waals surface area (Å²) >= 11 is 1.43. The van der Waals surface area contributed by atoms with Crippen LogP contribution < -0.4 is 5.32 Å². The average Bonchev–Trinajstić information content (AvgIpc) is 3.12. The Morgan fingerprint density at radius 2 is 1.86 bits per heavy atom. The summed E-state index contributed by atoms with van der Waals surface area (Å²) in [6, 6.07) is 6.49. The fourth-order valence-corrected chi connectivity index (χ4v) is 5.49. The van der Waals surface area contributed by atoms with Gasteiger partial charge in [-0.05, 0) is 12.1 Å². The Hall–Kier alpha value is -1.59. The number of hydrogen-bond donors (Lipinski definition) is 1. The molecule has 2 heterocycles. The smallest absolute Gasteiger partial charge is 0.282 e. The Morgan fingerprint density at radius 1 is 1.18 bits per heavy atom. The zero-order valence-electron chi connectivity index (χ0n) is 16.1. The minimum absolute atomic E-state index is 0.315. The van der Waals surface area contributed by atoms with Crippen LogP contribution in [0.15, 0.2) is 29.6 Å². The van der Waals surface area contributed by atoms with Gasteiger partial charge in [0.25, 0.3) is 10.2 Å². The SMILES string of the molecule is CCN(CC)S(=O)(=O)N1CCN(Cc2csc(Nc3ccccc3F)n2)CC1. The number of hydrogen-bond acceptors (Lipinski definition) is 6. The van der Waals surface area contributed by atoms with Gasteiger partial charge in [-0.1, -0.05) is 26.0 Å². The fraction of sp³-hybridized carbons (Fsp3) is 0.500. The maximum absolute atomic E-state index is 13.7. The normalized spacial score (nSPS) is 16.6. The number of nitrogens with zero attached hydrogens (tertiary/aromatic N) is 4. The third-order valence-corrected chi connectivity index (χ3v) is 7.74. The summed E-state index contributed by atoms with van der Waals surface area (Å²) in [5.41, 5.74) is 1.29. The van der Waals surface area contributed by atoms with Gasteiger partial charge in [0.15, 0.2) is 5.13 Å². The molecular formula is C18H26FN5O2S2. The van der Waals surface area contributed by atoms with Crippen LogP contribution in [-0.4, -0.2) is 66.2 Å². The summed E-state index contributed by atoms with van der Waals surface area (Å²) in [6.07, 6.45) is 0. The Kier molecular flexibility index (Phi) is 7.00. The third kappa shape index (κ3) is 4.87. The van der Waals surface area contributed by atoms with E-state index in [1.807, 2.05) is 19.2 Å². The molecule has 28 heavy (non-hydrogen) atoms. The van der Waals surface area contributed by atoms with Crippen LogP contribution in [0, 0.1) is 5.82 Å². The Labute approximate surface area is 170 Å². The number of halogens is 1. The van der Waals surface area contributed by atoms with Gasteiger partial charge < -0.3 is 5.32 Å². The molecule has 1 aromatic heterocycles. The van der Waals surface area contributed by atoms with Crippen molar-refractivity contribution in [3.05, 3.63) is 41.2 Å². The number of anilines is 2. The molecule has 0 unspecified atom stereocenters. The number of nitrogens with one attached hydrogen (secondary N) is 1. The van der Waals surface area contributed by atoms with E-state index in [-0.39, 0.29) is 5.82 Å². The van der Waals surface area contributed by atoms with Gasteiger partial charge in [-0.15, -0.1) is 11.3 Å². The van der Waals surface area contributed by atoms with E-state index in [0.29, 0.717) is 56.6 Å². The molecule has 0 aliphatic carbocycles. The standard InChI is InChI=1S/C18H26FN5O2S2/c1-3-23(4-2)28(25,26)24-11-9-22(10-12-24)13-15-14-27-18(20-15)21-17-8-6-5-7-16(17)19/h5-8,14H,3-4,9-13H2,1-2H3,(H,20,21). The topological polar surface area (TPSA) is 68.8 Å². The minimum Gasteiger partial charge on any atom is -0.329 e. The predicted octanol–water partition coefficient (Wildman–Crippen LogP) is 2.73. The summed E-state index contributed by atoms with van der Waals surface area (Å²) in [6.45, 7) is 7.59. The van der Waals surface area contributed by atoms with Gasteiger partial charge in [0, 0.05) is 51.2 Å². The average molecular weight is 428 g/mol. The molecule has 1 N–H and O–H groups in total. The van der Waals surface area contributed by atoms with Crippen LogP contribution >= 0.6 is 11.3 Å². The molecule has 10 heteroatoms. The van der Waals surface area contributed by atoms with Crippen LogP contribution in [0.25, 0.3) is 0 Å². The van der Waals surface area contributed by atoms with Gasteiger partial charge in [-0.2, -0.15) is 17.0 Å². The highest BCUT2D eigenvalue weighted by atomic mass is 32.2. The predicted molar refractivity (Wildman–Crippen MR) is 110 cm³/mol. The maximum Gasteiger partial charge on any atom is 0.282 e. The van der Waals surface area contributed by atoms with Gasteiger partial charge in [0.05, 0.1) is 11.4 Å². The molecule has 2 aromatic rings. The first-order valence-electron chi connectivity index (χ1n) is 9.37. The van der Waals surface area contributed by atoms with E-state index in [9.17, 15) is 12.8 Å². The van der Waals surface area contributed by atoms with E-state index in [4.69, 9.17) is 0 Å². The van der Waals surface area contributed by atoms with E-state index in [0.717, 1.165) is 5.69 Å². The fourth-order valence-electron chi connectivity index (χ4n) is 3.18. The van der Waals surface area contributed by atoms with Crippen LogP contribution in [0.5, 0.6) is 0 Å². The molecule has 0 spiro atoms. The molecule has 154 valence electrons. The minimum atomic E-state index is -3.37. The van der Waals surface area contributed by atoms with Crippen molar-refractivity contribution in [3.63, 3.8) is 0 Å². The molecule has 1 fully saturated rings. The van der Waals surface area contributed by atoms with Crippen LogP contribution in [0.2, 0.25) is 0 Å². The second kappa shape index (κ2) is 9.27. The van der Waals surface area contributed by atoms with Crippen molar-refractivity contribution in [2.75, 3.05) is 44.6 Å². The van der Waals surface area contributed by atoms with Crippen LogP contribution in [0.4, 0.5) is 15.2 Å². The summed E-state index contributed by atoms with van der Waals surface area (Å²) in [4.78, 5) is 6.71. The highest BCUT2D eigenvalue weighted by molar-refractivity contribution is 7.86. The zero-order valence-corrected chi connectivity index (χ0v) is 17.8. The molecule has 0 bridgehead atoms. The number of benzene rings is 1. The molecule has 1 aromatic carbocycles. The number of piperazine rings is 1. The first-order valence-corrected chi connectivity index (χ1v) is 11.6. The lowest BCUT2D eigenvalue weighted by molar-refractivity contribution is 0.174. The molecule has 3 rings (SSSR count). The number of rotatable bonds is 8. The van der Waals surface area contributed by atoms with Gasteiger partial charge in [-0.3, -0.25) is 4.90 Å². The van der Waals surface area contributed by atoms with E-state index in [2.05, 4.69) is 15.2 Å². The quantitative estimate of drug-likeness (QED) is 0.702. The van der Waals surface area contributed by atoms with Crippen molar-refractivity contribution in [3.8, 4) is 0 Å². The zero-order chi connectivity index (χ0) is 20.1. The Bertz CT molecular complexity index is 878. The lowest BCUT2D eigenvalue weighted by Gasteiger charge is -2.36. The molecule has 0 atom stereocenters. The second-order valence-electron chi connectivity index (χ2n) is 6.52. The van der Waals surface area contributed by atoms with Crippen molar-refractivity contribution in [1.29, 1.82) is 0 Å². The van der Waals surface area contributed by atoms with Crippen molar-refractivity contribution in [2.24, 2.45) is 0 Å². The van der Waals surface area contributed by atoms with E-state index in [1.165, 1.54) is 21.7 Å². The summed E-state index contributed by atoms with van der Waals surface area (Å²) in [5, 5.41) is 5.59. The van der Waals surface area contributed by atoms with Gasteiger partial charge in [0.2, 0.25) is 0 Å². The Morgan fingerprint density at radius 3 is 2.50 bits per heavy atom. The van der Waals surface area contributed by atoms with Crippen molar-refractivity contribution in [1.82, 2.24) is 18.5 Å². The van der Waals surface area contributed by atoms with Crippen LogP contribution in [0.1, 0.15) is 19.5 Å². The molecule has 1 aliphatic heterocycles. The lowest BCUT2D eigenvalue weighted by Crippen LogP contribution is -2.52. The first kappa shape index (κ1) is 21.1. The largest absolute Gasteiger partial charge is 0.329 e. The molecular weight excluding hydrogens is 401 g/mol. The van der Waals surface area contributed by atoms with Gasteiger partial charge in [0.1, 0.15) is 5.82 Å². The summed E-state index contributed by atoms with van der Waals surface area (Å²) in [5.74, 6) is -0.315. The monoisotopic (exact) mass is 427 g/mol. The van der Waals surface area contributed by atoms with Crippen molar-refractivity contribution < 1.29 is 12.8 Å². The highest BCUT2D eigenvalue weighted by Crippen LogP contribution is 2.24. The number of para-hydroxylation sites is 1. The summed E-state index contributed by atoms with van der Waals surface area (Å²) < 4.78 is 42.0. The van der Waals surface area contributed by atoms with Crippen molar-refractivity contribution >= 4 is 32.4 Å². The molecule has 0 radical (unpaired) electrons. The second-order valence-corrected chi connectivity index (χ2v) is 9.30. The number of thiazole rings is 1. The third-order valence-electron chi connectivity index (χ3n) is 4.74.